The molecular formula is C25H22F2N4O2S. The van der Waals surface area contributed by atoms with Gasteiger partial charge in [-0.2, -0.15) is 0 Å². The van der Waals surface area contributed by atoms with E-state index >= 15 is 0 Å². The first-order valence-electron chi connectivity index (χ1n) is 10.6. The van der Waals surface area contributed by atoms with Crippen LogP contribution in [0.15, 0.2) is 84.0 Å². The lowest BCUT2D eigenvalue weighted by molar-refractivity contribution is -0.115. The number of ether oxygens (including phenoxy) is 1. The lowest BCUT2D eigenvalue weighted by Crippen LogP contribution is -2.23. The molecule has 1 heterocycles. The average Bonchev–Trinajstić information content (AvgIpc) is 3.26. The van der Waals surface area contributed by atoms with Gasteiger partial charge in [-0.1, -0.05) is 30.0 Å². The number of nitrogens with zero attached hydrogens (tertiary/aromatic N) is 3. The number of thioether (sulfide) groups is 1. The number of hydrogen-bond donors (Lipinski definition) is 1. The number of anilines is 1. The van der Waals surface area contributed by atoms with Crippen LogP contribution in [0.1, 0.15) is 25.8 Å². The van der Waals surface area contributed by atoms with E-state index in [9.17, 15) is 13.6 Å². The minimum Gasteiger partial charge on any atom is -0.483 e. The summed E-state index contributed by atoms with van der Waals surface area (Å²) in [6.45, 7) is 3.58. The maximum atomic E-state index is 13.2. The Balaban J connectivity index is 1.57. The third-order valence-electron chi connectivity index (χ3n) is 4.93. The number of benzene rings is 3. The van der Waals surface area contributed by atoms with Crippen molar-refractivity contribution in [1.29, 1.82) is 0 Å². The molecule has 0 aliphatic rings. The third kappa shape index (κ3) is 5.60. The highest BCUT2D eigenvalue weighted by molar-refractivity contribution is 8.00. The van der Waals surface area contributed by atoms with E-state index in [2.05, 4.69) is 15.5 Å². The Bertz CT molecular complexity index is 1250. The van der Waals surface area contributed by atoms with Crippen LogP contribution in [-0.2, 0) is 4.79 Å². The van der Waals surface area contributed by atoms with E-state index in [4.69, 9.17) is 4.74 Å². The number of carbonyl (C=O) groups is 1. The Morgan fingerprint density at radius 2 is 1.53 bits per heavy atom. The van der Waals surface area contributed by atoms with Crippen LogP contribution >= 0.6 is 11.8 Å². The van der Waals surface area contributed by atoms with Gasteiger partial charge in [0.05, 0.1) is 5.25 Å². The zero-order valence-corrected chi connectivity index (χ0v) is 19.3. The van der Waals surface area contributed by atoms with Crippen molar-refractivity contribution in [3.8, 4) is 11.4 Å². The molecule has 0 aliphatic carbocycles. The molecule has 3 aromatic carbocycles. The lowest BCUT2D eigenvalue weighted by Gasteiger charge is -2.17. The zero-order chi connectivity index (χ0) is 24.1. The van der Waals surface area contributed by atoms with Gasteiger partial charge in [0.1, 0.15) is 17.4 Å². The Hall–Kier alpha value is -3.72. The fourth-order valence-electron chi connectivity index (χ4n) is 3.20. The van der Waals surface area contributed by atoms with Gasteiger partial charge in [0.2, 0.25) is 5.91 Å². The number of hydrogen-bond acceptors (Lipinski definition) is 5. The topological polar surface area (TPSA) is 69.0 Å². The third-order valence-corrected chi connectivity index (χ3v) is 5.97. The van der Waals surface area contributed by atoms with Crippen molar-refractivity contribution < 1.29 is 18.3 Å². The quantitative estimate of drug-likeness (QED) is 0.323. The standard InChI is InChI=1S/C25H22F2N4O2S/c1-16(33-22-14-10-19(27)11-15-22)23-29-30-25(31(23)21-6-4-3-5-7-21)34-17(2)24(32)28-20-12-8-18(26)9-13-20/h3-17H,1-2H3,(H,28,32). The second kappa shape index (κ2) is 10.5. The predicted octanol–water partition coefficient (Wildman–Crippen LogP) is 5.80. The Labute approximate surface area is 200 Å². The van der Waals surface area contributed by atoms with Crippen molar-refractivity contribution in [2.45, 2.75) is 30.4 Å². The molecule has 1 amide bonds. The Kier molecular flexibility index (Phi) is 7.22. The van der Waals surface area contributed by atoms with Crippen LogP contribution in [0.4, 0.5) is 14.5 Å². The molecule has 0 saturated carbocycles. The van der Waals surface area contributed by atoms with Crippen molar-refractivity contribution >= 4 is 23.4 Å². The maximum absolute atomic E-state index is 13.2. The summed E-state index contributed by atoms with van der Waals surface area (Å²) in [5.41, 5.74) is 1.32. The molecule has 0 spiro atoms. The second-order valence-electron chi connectivity index (χ2n) is 7.48. The molecule has 4 aromatic rings. The largest absolute Gasteiger partial charge is 0.483 e. The molecule has 174 valence electrons. The van der Waals surface area contributed by atoms with Gasteiger partial charge in [-0.3, -0.25) is 9.36 Å². The predicted molar refractivity (Wildman–Crippen MR) is 127 cm³/mol. The summed E-state index contributed by atoms with van der Waals surface area (Å²) in [5, 5.41) is 11.4. The summed E-state index contributed by atoms with van der Waals surface area (Å²) < 4.78 is 34.2. The van der Waals surface area contributed by atoms with Gasteiger partial charge >= 0.3 is 0 Å². The van der Waals surface area contributed by atoms with Crippen LogP contribution in [0.5, 0.6) is 5.75 Å². The van der Waals surface area contributed by atoms with Crippen molar-refractivity contribution in [2.75, 3.05) is 5.32 Å². The van der Waals surface area contributed by atoms with Crippen LogP contribution in [0.2, 0.25) is 0 Å². The summed E-state index contributed by atoms with van der Waals surface area (Å²) in [5.74, 6) is 0.0539. The van der Waals surface area contributed by atoms with Crippen LogP contribution in [0, 0.1) is 11.6 Å². The number of nitrogens with one attached hydrogen (secondary N) is 1. The highest BCUT2D eigenvalue weighted by Gasteiger charge is 2.24. The SMILES string of the molecule is CC(Sc1nnc(C(C)Oc2ccc(F)cc2)n1-c1ccccc1)C(=O)Nc1ccc(F)cc1. The highest BCUT2D eigenvalue weighted by Crippen LogP contribution is 2.30. The molecule has 0 radical (unpaired) electrons. The van der Waals surface area contributed by atoms with E-state index in [0.717, 1.165) is 5.69 Å². The molecule has 34 heavy (non-hydrogen) atoms. The summed E-state index contributed by atoms with van der Waals surface area (Å²) in [6, 6.07) is 20.8. The normalized spacial score (nSPS) is 12.7. The van der Waals surface area contributed by atoms with Crippen LogP contribution < -0.4 is 10.1 Å². The van der Waals surface area contributed by atoms with E-state index in [1.165, 1.54) is 48.2 Å². The monoisotopic (exact) mass is 480 g/mol. The van der Waals surface area contributed by atoms with Crippen molar-refractivity contribution in [3.63, 3.8) is 0 Å². The number of halogens is 2. The number of carbonyl (C=O) groups excluding carboxylic acids is 1. The number of rotatable bonds is 8. The first-order valence-corrected chi connectivity index (χ1v) is 11.4. The van der Waals surface area contributed by atoms with Gasteiger partial charge in [0.15, 0.2) is 17.1 Å². The molecule has 9 heteroatoms. The molecule has 4 rings (SSSR count). The molecular weight excluding hydrogens is 458 g/mol. The van der Waals surface area contributed by atoms with Crippen molar-refractivity contribution in [2.24, 2.45) is 0 Å². The molecule has 1 N–H and O–H groups in total. The maximum Gasteiger partial charge on any atom is 0.237 e. The minimum absolute atomic E-state index is 0.253. The summed E-state index contributed by atoms with van der Waals surface area (Å²) >= 11 is 1.24. The fraction of sp³-hybridized carbons (Fsp3) is 0.160. The average molecular weight is 481 g/mol. The van der Waals surface area contributed by atoms with Gasteiger partial charge in [-0.05, 0) is 74.5 Å². The van der Waals surface area contributed by atoms with E-state index in [1.807, 2.05) is 41.8 Å². The summed E-state index contributed by atoms with van der Waals surface area (Å²) in [7, 11) is 0. The van der Waals surface area contributed by atoms with Crippen LogP contribution in [-0.4, -0.2) is 25.9 Å². The van der Waals surface area contributed by atoms with Crippen LogP contribution in [0.25, 0.3) is 5.69 Å². The molecule has 6 nitrogen and oxygen atoms in total. The van der Waals surface area contributed by atoms with E-state index < -0.39 is 11.4 Å². The van der Waals surface area contributed by atoms with Gasteiger partial charge in [0.25, 0.3) is 0 Å². The molecule has 1 aromatic heterocycles. The smallest absolute Gasteiger partial charge is 0.237 e. The molecule has 2 atom stereocenters. The van der Waals surface area contributed by atoms with Crippen molar-refractivity contribution in [1.82, 2.24) is 14.8 Å². The number of aromatic nitrogens is 3. The number of para-hydroxylation sites is 1. The molecule has 2 unspecified atom stereocenters. The minimum atomic E-state index is -0.516. The van der Waals surface area contributed by atoms with E-state index in [0.29, 0.717) is 22.4 Å². The number of amides is 1. The molecule has 0 bridgehead atoms. The summed E-state index contributed by atoms with van der Waals surface area (Å²) in [4.78, 5) is 12.7. The highest BCUT2D eigenvalue weighted by atomic mass is 32.2. The lowest BCUT2D eigenvalue weighted by atomic mass is 10.3. The summed E-state index contributed by atoms with van der Waals surface area (Å²) in [6.07, 6.45) is -0.504. The first kappa shape index (κ1) is 23.4. The molecule has 0 saturated heterocycles. The van der Waals surface area contributed by atoms with Crippen molar-refractivity contribution in [3.05, 3.63) is 96.3 Å². The second-order valence-corrected chi connectivity index (χ2v) is 8.79. The molecule has 0 fully saturated rings. The van der Waals surface area contributed by atoms with Gasteiger partial charge in [0, 0.05) is 11.4 Å². The zero-order valence-electron chi connectivity index (χ0n) is 18.5. The van der Waals surface area contributed by atoms with Crippen LogP contribution in [0.3, 0.4) is 0 Å². The van der Waals surface area contributed by atoms with Gasteiger partial charge < -0.3 is 10.1 Å². The Morgan fingerprint density at radius 3 is 2.18 bits per heavy atom. The molecule has 0 aliphatic heterocycles. The van der Waals surface area contributed by atoms with Gasteiger partial charge in [-0.15, -0.1) is 10.2 Å². The Morgan fingerprint density at radius 1 is 0.912 bits per heavy atom. The first-order chi connectivity index (χ1) is 16.4. The van der Waals surface area contributed by atoms with E-state index in [1.54, 1.807) is 19.1 Å². The van der Waals surface area contributed by atoms with Gasteiger partial charge in [-0.25, -0.2) is 8.78 Å². The van der Waals surface area contributed by atoms with E-state index in [-0.39, 0.29) is 17.5 Å². The fourth-order valence-corrected chi connectivity index (χ4v) is 4.07.